The molecule has 1 aliphatic heterocycles. The predicted octanol–water partition coefficient (Wildman–Crippen LogP) is 2.06. The second-order valence-electron chi connectivity index (χ2n) is 6.02. The van der Waals surface area contributed by atoms with Crippen LogP contribution in [-0.2, 0) is 16.1 Å². The van der Waals surface area contributed by atoms with Gasteiger partial charge < -0.3 is 20.5 Å². The van der Waals surface area contributed by atoms with Crippen LogP contribution in [0.5, 0.6) is 0 Å². The maximum atomic E-state index is 12.7. The van der Waals surface area contributed by atoms with Crippen LogP contribution in [0.2, 0.25) is 0 Å². The van der Waals surface area contributed by atoms with Crippen molar-refractivity contribution in [1.29, 1.82) is 0 Å². The zero-order chi connectivity index (χ0) is 18.5. The number of rotatable bonds is 5. The fourth-order valence-corrected chi connectivity index (χ4v) is 2.94. The first-order valence-electron chi connectivity index (χ1n) is 8.36. The third kappa shape index (κ3) is 3.84. The van der Waals surface area contributed by atoms with Crippen molar-refractivity contribution in [3.05, 3.63) is 60.2 Å². The fraction of sp³-hybridized carbons (Fsp3) is 0.263. The molecule has 1 atom stereocenters. The Morgan fingerprint density at radius 3 is 2.46 bits per heavy atom. The smallest absolute Gasteiger partial charge is 0.411 e. The fourth-order valence-electron chi connectivity index (χ4n) is 2.94. The highest BCUT2D eigenvalue weighted by Gasteiger charge is 2.33. The van der Waals surface area contributed by atoms with Gasteiger partial charge in [-0.1, -0.05) is 42.5 Å². The first-order chi connectivity index (χ1) is 12.6. The third-order valence-corrected chi connectivity index (χ3v) is 4.23. The molecular weight excluding hydrogens is 334 g/mol. The molecule has 7 heteroatoms. The van der Waals surface area contributed by atoms with Crippen LogP contribution in [0.3, 0.4) is 0 Å². The number of carbonyl (C=O) groups is 2. The molecule has 2 amide bonds. The number of anilines is 2. The van der Waals surface area contributed by atoms with Crippen molar-refractivity contribution in [1.82, 2.24) is 0 Å². The van der Waals surface area contributed by atoms with Gasteiger partial charge in [0.25, 0.3) is 0 Å². The van der Waals surface area contributed by atoms with E-state index in [0.717, 1.165) is 10.5 Å². The number of carbonyl (C=O) groups excluding carboxylic acids is 1. The zero-order valence-corrected chi connectivity index (χ0v) is 14.2. The van der Waals surface area contributed by atoms with E-state index in [9.17, 15) is 14.7 Å². The van der Waals surface area contributed by atoms with Gasteiger partial charge in [-0.05, 0) is 17.7 Å². The molecule has 0 radical (unpaired) electrons. The Bertz CT molecular complexity index is 781. The van der Waals surface area contributed by atoms with Crippen molar-refractivity contribution in [2.75, 3.05) is 29.5 Å². The van der Waals surface area contributed by atoms with Gasteiger partial charge in [-0.15, -0.1) is 0 Å². The Hall–Kier alpha value is -2.90. The highest BCUT2D eigenvalue weighted by molar-refractivity contribution is 6.05. The molecule has 0 fully saturated rings. The van der Waals surface area contributed by atoms with E-state index in [1.807, 2.05) is 30.3 Å². The third-order valence-electron chi connectivity index (χ3n) is 4.23. The normalized spacial score (nSPS) is 17.0. The van der Waals surface area contributed by atoms with Crippen molar-refractivity contribution < 1.29 is 19.4 Å². The van der Waals surface area contributed by atoms with Crippen molar-refractivity contribution in [2.24, 2.45) is 5.73 Å². The van der Waals surface area contributed by atoms with E-state index < -0.39 is 12.1 Å². The molecular formula is C19H21N3O4. The van der Waals surface area contributed by atoms with Crippen LogP contribution in [0.4, 0.5) is 16.2 Å². The quantitative estimate of drug-likeness (QED) is 0.801. The Labute approximate surface area is 151 Å². The standard InChI is InChI=1S/C19H21N3O4/c20-15-12-22(19(24)25)17-9-5-4-8-16(17)21(18(15)23)10-11-26-13-14-6-2-1-3-7-14/h1-9,15H,10-13,20H2,(H,24,25). The minimum absolute atomic E-state index is 0.0768. The van der Waals surface area contributed by atoms with Gasteiger partial charge in [0.2, 0.25) is 5.91 Å². The van der Waals surface area contributed by atoms with Crippen molar-refractivity contribution in [3.8, 4) is 0 Å². The molecule has 0 bridgehead atoms. The number of amides is 2. The molecule has 1 aliphatic rings. The summed E-state index contributed by atoms with van der Waals surface area (Å²) in [5.74, 6) is -0.315. The number of nitrogens with two attached hydrogens (primary N) is 1. The molecule has 2 aromatic rings. The van der Waals surface area contributed by atoms with E-state index in [4.69, 9.17) is 10.5 Å². The Morgan fingerprint density at radius 2 is 1.77 bits per heavy atom. The molecule has 26 heavy (non-hydrogen) atoms. The molecule has 136 valence electrons. The Balaban J connectivity index is 1.74. The van der Waals surface area contributed by atoms with Crippen LogP contribution in [-0.4, -0.2) is 42.8 Å². The number of fused-ring (bicyclic) bond motifs is 1. The molecule has 7 nitrogen and oxygen atoms in total. The first kappa shape index (κ1) is 17.9. The van der Waals surface area contributed by atoms with E-state index >= 15 is 0 Å². The average molecular weight is 355 g/mol. The van der Waals surface area contributed by atoms with E-state index in [-0.39, 0.29) is 12.5 Å². The molecule has 3 rings (SSSR count). The second kappa shape index (κ2) is 7.99. The maximum absolute atomic E-state index is 12.7. The Kier molecular flexibility index (Phi) is 5.50. The monoisotopic (exact) mass is 355 g/mol. The lowest BCUT2D eigenvalue weighted by atomic mass is 10.2. The molecule has 3 N–H and O–H groups in total. The van der Waals surface area contributed by atoms with Gasteiger partial charge in [0.05, 0.1) is 31.1 Å². The highest BCUT2D eigenvalue weighted by atomic mass is 16.5. The van der Waals surface area contributed by atoms with Crippen molar-refractivity contribution in [3.63, 3.8) is 0 Å². The number of benzene rings is 2. The van der Waals surface area contributed by atoms with Gasteiger partial charge in [0.15, 0.2) is 0 Å². The van der Waals surface area contributed by atoms with Crippen molar-refractivity contribution in [2.45, 2.75) is 12.6 Å². The van der Waals surface area contributed by atoms with Gasteiger partial charge in [-0.25, -0.2) is 4.79 Å². The van der Waals surface area contributed by atoms with Gasteiger partial charge >= 0.3 is 6.09 Å². The Morgan fingerprint density at radius 1 is 1.12 bits per heavy atom. The molecule has 0 aromatic heterocycles. The largest absolute Gasteiger partial charge is 0.465 e. The number of carboxylic acid groups (broad SMARTS) is 1. The van der Waals surface area contributed by atoms with Crippen LogP contribution in [0.25, 0.3) is 0 Å². The summed E-state index contributed by atoms with van der Waals surface area (Å²) >= 11 is 0. The van der Waals surface area contributed by atoms with Crippen LogP contribution in [0.15, 0.2) is 54.6 Å². The zero-order valence-electron chi connectivity index (χ0n) is 14.2. The van der Waals surface area contributed by atoms with Gasteiger partial charge in [-0.3, -0.25) is 9.69 Å². The summed E-state index contributed by atoms with van der Waals surface area (Å²) in [6, 6.07) is 15.7. The van der Waals surface area contributed by atoms with E-state index in [1.165, 1.54) is 4.90 Å². The molecule has 0 spiro atoms. The van der Waals surface area contributed by atoms with Crippen molar-refractivity contribution >= 4 is 23.4 Å². The van der Waals surface area contributed by atoms with E-state index in [1.54, 1.807) is 24.3 Å². The van der Waals surface area contributed by atoms with Crippen LogP contribution in [0, 0.1) is 0 Å². The van der Waals surface area contributed by atoms with E-state index in [2.05, 4.69) is 0 Å². The molecule has 1 heterocycles. The molecule has 1 unspecified atom stereocenters. The average Bonchev–Trinajstić information content (AvgIpc) is 2.76. The summed E-state index contributed by atoms with van der Waals surface area (Å²) in [6.07, 6.45) is -1.14. The summed E-state index contributed by atoms with van der Waals surface area (Å²) in [4.78, 5) is 26.8. The van der Waals surface area contributed by atoms with E-state index in [0.29, 0.717) is 31.1 Å². The molecule has 0 saturated carbocycles. The minimum atomic E-state index is -1.14. The number of ether oxygens (including phenoxy) is 1. The van der Waals surface area contributed by atoms with Crippen LogP contribution < -0.4 is 15.5 Å². The van der Waals surface area contributed by atoms with Gasteiger partial charge in [-0.2, -0.15) is 0 Å². The highest BCUT2D eigenvalue weighted by Crippen LogP contribution is 2.32. The number of hydrogen-bond acceptors (Lipinski definition) is 4. The molecule has 0 saturated heterocycles. The predicted molar refractivity (Wildman–Crippen MR) is 98.2 cm³/mol. The number of para-hydroxylation sites is 2. The van der Waals surface area contributed by atoms with Crippen LogP contribution in [0.1, 0.15) is 5.56 Å². The minimum Gasteiger partial charge on any atom is -0.465 e. The summed E-state index contributed by atoms with van der Waals surface area (Å²) in [6.45, 7) is 0.975. The second-order valence-corrected chi connectivity index (χ2v) is 6.02. The summed E-state index contributed by atoms with van der Waals surface area (Å²) in [5, 5.41) is 9.46. The van der Waals surface area contributed by atoms with Crippen LogP contribution >= 0.6 is 0 Å². The van der Waals surface area contributed by atoms with Gasteiger partial charge in [0, 0.05) is 6.54 Å². The molecule has 0 aliphatic carbocycles. The lowest BCUT2D eigenvalue weighted by Gasteiger charge is -2.24. The SMILES string of the molecule is NC1CN(C(=O)O)c2ccccc2N(CCOCc2ccccc2)C1=O. The lowest BCUT2D eigenvalue weighted by molar-refractivity contribution is -0.119. The summed E-state index contributed by atoms with van der Waals surface area (Å²) in [5.41, 5.74) is 7.95. The topological polar surface area (TPSA) is 96.1 Å². The molecule has 2 aromatic carbocycles. The number of hydrogen-bond donors (Lipinski definition) is 2. The summed E-state index contributed by atoms with van der Waals surface area (Å²) in [7, 11) is 0. The first-order valence-corrected chi connectivity index (χ1v) is 8.36. The maximum Gasteiger partial charge on any atom is 0.411 e. The summed E-state index contributed by atoms with van der Waals surface area (Å²) < 4.78 is 5.67. The van der Waals surface area contributed by atoms with Gasteiger partial charge in [0.1, 0.15) is 6.04 Å². The lowest BCUT2D eigenvalue weighted by Crippen LogP contribution is -2.48. The number of nitrogens with zero attached hydrogens (tertiary/aromatic N) is 2.